The molecule has 2 unspecified atom stereocenters. The molecular weight excluding hydrogens is 200 g/mol. The van der Waals surface area contributed by atoms with Crippen LogP contribution in [0.3, 0.4) is 0 Å². The van der Waals surface area contributed by atoms with Gasteiger partial charge in [0.05, 0.1) is 18.5 Å². The third kappa shape index (κ3) is 2.08. The Hall–Kier alpha value is -1.38. The smallest absolute Gasteiger partial charge is 0.121 e. The number of ether oxygens (including phenoxy) is 1. The summed E-state index contributed by atoms with van der Waals surface area (Å²) in [6, 6.07) is 6.60. The van der Waals surface area contributed by atoms with Crippen LogP contribution in [0.15, 0.2) is 18.2 Å². The lowest BCUT2D eigenvalue weighted by molar-refractivity contribution is 0.414. The summed E-state index contributed by atoms with van der Waals surface area (Å²) in [7, 11) is 1.70. The molecule has 1 aliphatic rings. The SMILES string of the molecule is CCC(C)C1CNc2ccc(OC)cc2N1. The third-order valence-corrected chi connectivity index (χ3v) is 3.41. The van der Waals surface area contributed by atoms with Gasteiger partial charge in [-0.2, -0.15) is 0 Å². The van der Waals surface area contributed by atoms with E-state index in [1.54, 1.807) is 7.11 Å². The monoisotopic (exact) mass is 220 g/mol. The van der Waals surface area contributed by atoms with Crippen LogP contribution in [0.4, 0.5) is 11.4 Å². The molecule has 0 saturated carbocycles. The van der Waals surface area contributed by atoms with E-state index in [9.17, 15) is 0 Å². The van der Waals surface area contributed by atoms with Crippen molar-refractivity contribution in [2.45, 2.75) is 26.3 Å². The Kier molecular flexibility index (Phi) is 3.22. The van der Waals surface area contributed by atoms with E-state index in [-0.39, 0.29) is 0 Å². The minimum Gasteiger partial charge on any atom is -0.497 e. The zero-order valence-corrected chi connectivity index (χ0v) is 10.2. The van der Waals surface area contributed by atoms with Crippen LogP contribution in [0, 0.1) is 5.92 Å². The van der Waals surface area contributed by atoms with Gasteiger partial charge in [-0.25, -0.2) is 0 Å². The lowest BCUT2D eigenvalue weighted by atomic mass is 9.97. The maximum Gasteiger partial charge on any atom is 0.121 e. The molecule has 16 heavy (non-hydrogen) atoms. The standard InChI is InChI=1S/C13H20N2O/c1-4-9(2)13-8-14-11-6-5-10(16-3)7-12(11)15-13/h5-7,9,13-15H,4,8H2,1-3H3. The van der Waals surface area contributed by atoms with E-state index in [0.29, 0.717) is 12.0 Å². The van der Waals surface area contributed by atoms with Crippen LogP contribution in [0.25, 0.3) is 0 Å². The summed E-state index contributed by atoms with van der Waals surface area (Å²) in [6.45, 7) is 5.51. The van der Waals surface area contributed by atoms with Crippen LogP contribution in [-0.4, -0.2) is 19.7 Å². The maximum absolute atomic E-state index is 5.23. The quantitative estimate of drug-likeness (QED) is 0.821. The molecule has 88 valence electrons. The van der Waals surface area contributed by atoms with Crippen molar-refractivity contribution in [1.29, 1.82) is 0 Å². The second-order valence-corrected chi connectivity index (χ2v) is 4.43. The molecule has 0 aliphatic carbocycles. The Bertz CT molecular complexity index is 365. The van der Waals surface area contributed by atoms with Gasteiger partial charge in [0.15, 0.2) is 0 Å². The zero-order valence-electron chi connectivity index (χ0n) is 10.2. The Morgan fingerprint density at radius 2 is 2.25 bits per heavy atom. The molecule has 0 amide bonds. The third-order valence-electron chi connectivity index (χ3n) is 3.41. The van der Waals surface area contributed by atoms with Gasteiger partial charge >= 0.3 is 0 Å². The summed E-state index contributed by atoms with van der Waals surface area (Å²) < 4.78 is 5.23. The summed E-state index contributed by atoms with van der Waals surface area (Å²) in [4.78, 5) is 0. The van der Waals surface area contributed by atoms with E-state index in [1.165, 1.54) is 12.1 Å². The number of fused-ring (bicyclic) bond motifs is 1. The highest BCUT2D eigenvalue weighted by Crippen LogP contribution is 2.31. The fraction of sp³-hybridized carbons (Fsp3) is 0.538. The first-order chi connectivity index (χ1) is 7.74. The lowest BCUT2D eigenvalue weighted by Crippen LogP contribution is -2.37. The minimum atomic E-state index is 0.504. The summed E-state index contributed by atoms with van der Waals surface area (Å²) in [5.41, 5.74) is 2.32. The van der Waals surface area contributed by atoms with Gasteiger partial charge in [0, 0.05) is 18.7 Å². The van der Waals surface area contributed by atoms with Crippen molar-refractivity contribution in [2.24, 2.45) is 5.92 Å². The molecular formula is C13H20N2O. The molecule has 0 spiro atoms. The fourth-order valence-electron chi connectivity index (χ4n) is 2.02. The molecule has 0 bridgehead atoms. The van der Waals surface area contributed by atoms with Crippen molar-refractivity contribution >= 4 is 11.4 Å². The fourth-order valence-corrected chi connectivity index (χ4v) is 2.02. The van der Waals surface area contributed by atoms with Gasteiger partial charge in [-0.1, -0.05) is 20.3 Å². The van der Waals surface area contributed by atoms with Crippen molar-refractivity contribution in [3.8, 4) is 5.75 Å². The first-order valence-corrected chi connectivity index (χ1v) is 5.93. The van der Waals surface area contributed by atoms with Gasteiger partial charge in [0.1, 0.15) is 5.75 Å². The maximum atomic E-state index is 5.23. The first-order valence-electron chi connectivity index (χ1n) is 5.93. The van der Waals surface area contributed by atoms with Crippen LogP contribution in [0.1, 0.15) is 20.3 Å². The number of hydrogen-bond acceptors (Lipinski definition) is 3. The molecule has 0 aromatic heterocycles. The Labute approximate surface area is 97.2 Å². The molecule has 1 aromatic rings. The molecule has 0 radical (unpaired) electrons. The van der Waals surface area contributed by atoms with Crippen LogP contribution >= 0.6 is 0 Å². The van der Waals surface area contributed by atoms with Crippen molar-refractivity contribution in [3.05, 3.63) is 18.2 Å². The van der Waals surface area contributed by atoms with E-state index in [1.807, 2.05) is 6.07 Å². The molecule has 3 nitrogen and oxygen atoms in total. The highest BCUT2D eigenvalue weighted by Gasteiger charge is 2.21. The number of rotatable bonds is 3. The average Bonchev–Trinajstić information content (AvgIpc) is 2.36. The molecule has 2 N–H and O–H groups in total. The summed E-state index contributed by atoms with van der Waals surface area (Å²) in [5.74, 6) is 1.57. The van der Waals surface area contributed by atoms with Gasteiger partial charge in [-0.3, -0.25) is 0 Å². The van der Waals surface area contributed by atoms with Crippen molar-refractivity contribution in [2.75, 3.05) is 24.3 Å². The lowest BCUT2D eigenvalue weighted by Gasteiger charge is -2.32. The predicted octanol–water partition coefficient (Wildman–Crippen LogP) is 2.95. The second-order valence-electron chi connectivity index (χ2n) is 4.43. The molecule has 2 rings (SSSR count). The van der Waals surface area contributed by atoms with Gasteiger partial charge in [-0.05, 0) is 18.1 Å². The van der Waals surface area contributed by atoms with E-state index < -0.39 is 0 Å². The first kappa shape index (κ1) is 11.1. The van der Waals surface area contributed by atoms with Crippen molar-refractivity contribution < 1.29 is 4.74 Å². The van der Waals surface area contributed by atoms with Crippen LogP contribution in [0.2, 0.25) is 0 Å². The molecule has 1 aliphatic heterocycles. The number of anilines is 2. The Balaban J connectivity index is 2.18. The van der Waals surface area contributed by atoms with Crippen molar-refractivity contribution in [1.82, 2.24) is 0 Å². The normalized spacial score (nSPS) is 20.3. The van der Waals surface area contributed by atoms with Crippen LogP contribution in [-0.2, 0) is 0 Å². The van der Waals surface area contributed by atoms with E-state index in [0.717, 1.165) is 18.0 Å². The topological polar surface area (TPSA) is 33.3 Å². The highest BCUT2D eigenvalue weighted by molar-refractivity contribution is 5.73. The van der Waals surface area contributed by atoms with Crippen LogP contribution in [0.5, 0.6) is 5.75 Å². The molecule has 1 heterocycles. The van der Waals surface area contributed by atoms with E-state index >= 15 is 0 Å². The number of methoxy groups -OCH3 is 1. The summed E-state index contributed by atoms with van der Waals surface area (Å²) in [5, 5.41) is 7.04. The van der Waals surface area contributed by atoms with E-state index in [4.69, 9.17) is 4.74 Å². The van der Waals surface area contributed by atoms with Crippen LogP contribution < -0.4 is 15.4 Å². The summed E-state index contributed by atoms with van der Waals surface area (Å²) >= 11 is 0. The summed E-state index contributed by atoms with van der Waals surface area (Å²) in [6.07, 6.45) is 1.19. The number of benzene rings is 1. The second kappa shape index (κ2) is 4.64. The minimum absolute atomic E-state index is 0.504. The van der Waals surface area contributed by atoms with E-state index in [2.05, 4.69) is 36.6 Å². The highest BCUT2D eigenvalue weighted by atomic mass is 16.5. The predicted molar refractivity (Wildman–Crippen MR) is 68.3 cm³/mol. The van der Waals surface area contributed by atoms with Gasteiger partial charge in [-0.15, -0.1) is 0 Å². The molecule has 0 saturated heterocycles. The van der Waals surface area contributed by atoms with Gasteiger partial charge < -0.3 is 15.4 Å². The molecule has 2 atom stereocenters. The van der Waals surface area contributed by atoms with Gasteiger partial charge in [0.25, 0.3) is 0 Å². The largest absolute Gasteiger partial charge is 0.497 e. The number of nitrogens with one attached hydrogen (secondary N) is 2. The molecule has 0 fully saturated rings. The number of hydrogen-bond donors (Lipinski definition) is 2. The average molecular weight is 220 g/mol. The molecule has 3 heteroatoms. The Morgan fingerprint density at radius 3 is 2.94 bits per heavy atom. The van der Waals surface area contributed by atoms with Crippen molar-refractivity contribution in [3.63, 3.8) is 0 Å². The molecule has 1 aromatic carbocycles. The van der Waals surface area contributed by atoms with Gasteiger partial charge in [0.2, 0.25) is 0 Å². The zero-order chi connectivity index (χ0) is 11.5. The Morgan fingerprint density at radius 1 is 1.44 bits per heavy atom.